The van der Waals surface area contributed by atoms with Crippen LogP contribution in [0.5, 0.6) is 0 Å². The Morgan fingerprint density at radius 3 is 2.47 bits per heavy atom. The fourth-order valence-electron chi connectivity index (χ4n) is 2.14. The predicted molar refractivity (Wildman–Crippen MR) is 63.9 cm³/mol. The molecule has 0 saturated heterocycles. The molecule has 1 saturated carbocycles. The number of hydrogen-bond donors (Lipinski definition) is 1. The Bertz CT molecular complexity index is 188. The van der Waals surface area contributed by atoms with Crippen molar-refractivity contribution in [2.24, 2.45) is 11.1 Å². The Hall–Kier alpha value is -0.120. The third kappa shape index (κ3) is 3.74. The maximum atomic E-state index is 5.74. The van der Waals surface area contributed by atoms with E-state index in [2.05, 4.69) is 32.7 Å². The lowest BCUT2D eigenvalue weighted by Gasteiger charge is -2.43. The largest absolute Gasteiger partial charge is 0.378 e. The van der Waals surface area contributed by atoms with Crippen molar-refractivity contribution in [3.8, 4) is 0 Å². The zero-order valence-corrected chi connectivity index (χ0v) is 10.6. The third-order valence-electron chi connectivity index (χ3n) is 3.33. The summed E-state index contributed by atoms with van der Waals surface area (Å²) in [6.45, 7) is 9.18. The lowest BCUT2D eigenvalue weighted by atomic mass is 9.85. The molecule has 2 N–H and O–H groups in total. The number of rotatable bonds is 6. The predicted octanol–water partition coefficient (Wildman–Crippen LogP) is 1.47. The molecule has 0 radical (unpaired) electrons. The van der Waals surface area contributed by atoms with Crippen molar-refractivity contribution in [3.05, 3.63) is 0 Å². The molecule has 1 rings (SSSR count). The van der Waals surface area contributed by atoms with Crippen molar-refractivity contribution in [1.82, 2.24) is 4.90 Å². The molecule has 3 heteroatoms. The van der Waals surface area contributed by atoms with Gasteiger partial charge in [0.25, 0.3) is 0 Å². The van der Waals surface area contributed by atoms with Gasteiger partial charge in [-0.1, -0.05) is 13.8 Å². The molecule has 15 heavy (non-hydrogen) atoms. The summed E-state index contributed by atoms with van der Waals surface area (Å²) in [5, 5.41) is 0. The van der Waals surface area contributed by atoms with E-state index in [4.69, 9.17) is 10.5 Å². The number of hydrogen-bond acceptors (Lipinski definition) is 3. The van der Waals surface area contributed by atoms with Crippen LogP contribution in [-0.4, -0.2) is 43.8 Å². The van der Waals surface area contributed by atoms with E-state index in [1.54, 1.807) is 0 Å². The molecule has 0 atom stereocenters. The standard InChI is InChI=1S/C12H26N2O/c1-5-15-11-6-10(7-11)14(4)9-12(2,3)8-13/h10-11H,5-9,13H2,1-4H3. The van der Waals surface area contributed by atoms with Gasteiger partial charge in [0.15, 0.2) is 0 Å². The molecule has 1 aliphatic rings. The topological polar surface area (TPSA) is 38.5 Å². The maximum absolute atomic E-state index is 5.74. The summed E-state index contributed by atoms with van der Waals surface area (Å²) in [6, 6.07) is 0.701. The van der Waals surface area contributed by atoms with Crippen LogP contribution in [0.25, 0.3) is 0 Å². The van der Waals surface area contributed by atoms with E-state index in [0.29, 0.717) is 12.1 Å². The summed E-state index contributed by atoms with van der Waals surface area (Å²) in [4.78, 5) is 2.43. The highest BCUT2D eigenvalue weighted by Gasteiger charge is 2.34. The molecule has 1 fully saturated rings. The fourth-order valence-corrected chi connectivity index (χ4v) is 2.14. The minimum absolute atomic E-state index is 0.228. The van der Waals surface area contributed by atoms with Crippen LogP contribution in [0.3, 0.4) is 0 Å². The first kappa shape index (κ1) is 12.9. The molecule has 1 aliphatic carbocycles. The lowest BCUT2D eigenvalue weighted by molar-refractivity contribution is -0.0461. The zero-order chi connectivity index (χ0) is 11.5. The van der Waals surface area contributed by atoms with E-state index in [0.717, 1.165) is 19.7 Å². The summed E-state index contributed by atoms with van der Waals surface area (Å²) in [6.07, 6.45) is 2.87. The minimum atomic E-state index is 0.228. The van der Waals surface area contributed by atoms with Gasteiger partial charge in [0.05, 0.1) is 6.10 Å². The first-order valence-corrected chi connectivity index (χ1v) is 6.00. The van der Waals surface area contributed by atoms with Gasteiger partial charge in [0.2, 0.25) is 0 Å². The number of ether oxygens (including phenoxy) is 1. The quantitative estimate of drug-likeness (QED) is 0.727. The van der Waals surface area contributed by atoms with Gasteiger partial charge in [-0.05, 0) is 38.8 Å². The van der Waals surface area contributed by atoms with E-state index < -0.39 is 0 Å². The van der Waals surface area contributed by atoms with Crippen molar-refractivity contribution in [3.63, 3.8) is 0 Å². The number of nitrogens with zero attached hydrogens (tertiary/aromatic N) is 1. The highest BCUT2D eigenvalue weighted by Crippen LogP contribution is 2.29. The Morgan fingerprint density at radius 2 is 2.00 bits per heavy atom. The zero-order valence-electron chi connectivity index (χ0n) is 10.6. The Labute approximate surface area is 94.0 Å². The van der Waals surface area contributed by atoms with Crippen molar-refractivity contribution >= 4 is 0 Å². The van der Waals surface area contributed by atoms with E-state index in [9.17, 15) is 0 Å². The van der Waals surface area contributed by atoms with E-state index >= 15 is 0 Å². The smallest absolute Gasteiger partial charge is 0.0604 e. The van der Waals surface area contributed by atoms with Crippen LogP contribution < -0.4 is 5.73 Å². The van der Waals surface area contributed by atoms with Crippen LogP contribution in [0.15, 0.2) is 0 Å². The second-order valence-corrected chi connectivity index (χ2v) is 5.49. The normalized spacial score (nSPS) is 26.8. The molecule has 90 valence electrons. The molecular weight excluding hydrogens is 188 g/mol. The van der Waals surface area contributed by atoms with Crippen molar-refractivity contribution in [2.75, 3.05) is 26.7 Å². The Morgan fingerprint density at radius 1 is 1.40 bits per heavy atom. The van der Waals surface area contributed by atoms with Crippen LogP contribution in [0.1, 0.15) is 33.6 Å². The van der Waals surface area contributed by atoms with Gasteiger partial charge in [-0.2, -0.15) is 0 Å². The van der Waals surface area contributed by atoms with Gasteiger partial charge in [0, 0.05) is 19.2 Å². The molecule has 0 aromatic heterocycles. The van der Waals surface area contributed by atoms with Crippen LogP contribution in [0.4, 0.5) is 0 Å². The molecule has 0 aliphatic heterocycles. The second kappa shape index (κ2) is 5.28. The van der Waals surface area contributed by atoms with Gasteiger partial charge >= 0.3 is 0 Å². The Kier molecular flexibility index (Phi) is 4.56. The highest BCUT2D eigenvalue weighted by molar-refractivity contribution is 4.88. The van der Waals surface area contributed by atoms with Crippen molar-refractivity contribution in [1.29, 1.82) is 0 Å². The molecule has 0 spiro atoms. The third-order valence-corrected chi connectivity index (χ3v) is 3.33. The van der Waals surface area contributed by atoms with E-state index in [1.165, 1.54) is 12.8 Å². The second-order valence-electron chi connectivity index (χ2n) is 5.49. The van der Waals surface area contributed by atoms with Crippen LogP contribution in [0.2, 0.25) is 0 Å². The highest BCUT2D eigenvalue weighted by atomic mass is 16.5. The average Bonchev–Trinajstić information content (AvgIpc) is 2.09. The van der Waals surface area contributed by atoms with Crippen molar-refractivity contribution < 1.29 is 4.74 Å². The average molecular weight is 214 g/mol. The Balaban J connectivity index is 2.23. The maximum Gasteiger partial charge on any atom is 0.0604 e. The van der Waals surface area contributed by atoms with Crippen LogP contribution in [0, 0.1) is 5.41 Å². The summed E-state index contributed by atoms with van der Waals surface area (Å²) in [5.74, 6) is 0. The summed E-state index contributed by atoms with van der Waals surface area (Å²) in [7, 11) is 2.20. The van der Waals surface area contributed by atoms with Gasteiger partial charge in [-0.3, -0.25) is 0 Å². The lowest BCUT2D eigenvalue weighted by Crippen LogP contribution is -2.50. The SMILES string of the molecule is CCOC1CC(N(C)CC(C)(C)CN)C1. The molecule has 0 heterocycles. The molecule has 0 bridgehead atoms. The van der Waals surface area contributed by atoms with Gasteiger partial charge < -0.3 is 15.4 Å². The molecule has 0 aromatic rings. The monoisotopic (exact) mass is 214 g/mol. The minimum Gasteiger partial charge on any atom is -0.378 e. The molecule has 0 amide bonds. The first-order chi connectivity index (χ1) is 6.98. The van der Waals surface area contributed by atoms with Gasteiger partial charge in [-0.25, -0.2) is 0 Å². The molecular formula is C12H26N2O. The van der Waals surface area contributed by atoms with Gasteiger partial charge in [0.1, 0.15) is 0 Å². The number of nitrogens with two attached hydrogens (primary N) is 1. The van der Waals surface area contributed by atoms with Crippen LogP contribution >= 0.6 is 0 Å². The van der Waals surface area contributed by atoms with E-state index in [1.807, 2.05) is 0 Å². The first-order valence-electron chi connectivity index (χ1n) is 6.00. The molecule has 0 aromatic carbocycles. The summed E-state index contributed by atoms with van der Waals surface area (Å²) >= 11 is 0. The van der Waals surface area contributed by atoms with Crippen molar-refractivity contribution in [2.45, 2.75) is 45.8 Å². The summed E-state index contributed by atoms with van der Waals surface area (Å²) in [5.41, 5.74) is 5.97. The molecule has 3 nitrogen and oxygen atoms in total. The summed E-state index contributed by atoms with van der Waals surface area (Å²) < 4.78 is 5.56. The van der Waals surface area contributed by atoms with Gasteiger partial charge in [-0.15, -0.1) is 0 Å². The van der Waals surface area contributed by atoms with Crippen LogP contribution in [-0.2, 0) is 4.74 Å². The molecule has 0 unspecified atom stereocenters. The fraction of sp³-hybridized carbons (Fsp3) is 1.00. The van der Waals surface area contributed by atoms with E-state index in [-0.39, 0.29) is 5.41 Å².